The minimum atomic E-state index is 0.312. The van der Waals surface area contributed by atoms with Crippen molar-refractivity contribution in [3.05, 3.63) is 23.8 Å². The van der Waals surface area contributed by atoms with Gasteiger partial charge < -0.3 is 15.4 Å². The molecular formula is C13H18N2O. The SMILES string of the molecule is CC1Cc2c(cccc2N2CC[C@H](N)C2)O1. The highest BCUT2D eigenvalue weighted by Gasteiger charge is 2.27. The van der Waals surface area contributed by atoms with Crippen LogP contribution < -0.4 is 15.4 Å². The summed E-state index contributed by atoms with van der Waals surface area (Å²) >= 11 is 0. The highest BCUT2D eigenvalue weighted by molar-refractivity contribution is 5.61. The molecule has 3 heteroatoms. The van der Waals surface area contributed by atoms with Gasteiger partial charge in [0, 0.05) is 36.8 Å². The Morgan fingerprint density at radius 3 is 3.06 bits per heavy atom. The predicted molar refractivity (Wildman–Crippen MR) is 65.0 cm³/mol. The predicted octanol–water partition coefficient (Wildman–Crippen LogP) is 1.55. The van der Waals surface area contributed by atoms with E-state index in [1.807, 2.05) is 0 Å². The Morgan fingerprint density at radius 2 is 2.31 bits per heavy atom. The molecule has 86 valence electrons. The fraction of sp³-hybridized carbons (Fsp3) is 0.538. The molecule has 0 aromatic heterocycles. The van der Waals surface area contributed by atoms with Crippen molar-refractivity contribution in [1.29, 1.82) is 0 Å². The lowest BCUT2D eigenvalue weighted by Gasteiger charge is -2.20. The number of rotatable bonds is 1. The Labute approximate surface area is 96.2 Å². The first kappa shape index (κ1) is 9.97. The molecule has 2 atom stereocenters. The molecule has 1 aromatic rings. The summed E-state index contributed by atoms with van der Waals surface area (Å²) in [6, 6.07) is 6.67. The Morgan fingerprint density at radius 1 is 1.44 bits per heavy atom. The monoisotopic (exact) mass is 218 g/mol. The Hall–Kier alpha value is -1.22. The summed E-state index contributed by atoms with van der Waals surface area (Å²) in [5, 5.41) is 0. The fourth-order valence-corrected chi connectivity index (χ4v) is 2.72. The molecule has 16 heavy (non-hydrogen) atoms. The highest BCUT2D eigenvalue weighted by Crippen LogP contribution is 2.37. The van der Waals surface area contributed by atoms with Gasteiger partial charge in [-0.3, -0.25) is 0 Å². The van der Waals surface area contributed by atoms with Gasteiger partial charge in [-0.25, -0.2) is 0 Å². The summed E-state index contributed by atoms with van der Waals surface area (Å²) in [6.45, 7) is 4.18. The zero-order valence-electron chi connectivity index (χ0n) is 9.65. The van der Waals surface area contributed by atoms with Crippen molar-refractivity contribution >= 4 is 5.69 Å². The van der Waals surface area contributed by atoms with Gasteiger partial charge in [0.1, 0.15) is 11.9 Å². The molecule has 1 fully saturated rings. The van der Waals surface area contributed by atoms with Gasteiger partial charge in [-0.1, -0.05) is 6.07 Å². The molecule has 0 spiro atoms. The van der Waals surface area contributed by atoms with Crippen LogP contribution in [0.3, 0.4) is 0 Å². The number of hydrogen-bond acceptors (Lipinski definition) is 3. The lowest BCUT2D eigenvalue weighted by molar-refractivity contribution is 0.254. The van der Waals surface area contributed by atoms with E-state index >= 15 is 0 Å². The van der Waals surface area contributed by atoms with E-state index in [0.717, 1.165) is 31.7 Å². The van der Waals surface area contributed by atoms with Crippen molar-refractivity contribution in [2.24, 2.45) is 5.73 Å². The first-order chi connectivity index (χ1) is 7.74. The van der Waals surface area contributed by atoms with Crippen molar-refractivity contribution in [2.75, 3.05) is 18.0 Å². The van der Waals surface area contributed by atoms with Gasteiger partial charge in [0.2, 0.25) is 0 Å². The van der Waals surface area contributed by atoms with Crippen molar-refractivity contribution in [2.45, 2.75) is 31.9 Å². The third-order valence-corrected chi connectivity index (χ3v) is 3.49. The molecule has 3 rings (SSSR count). The summed E-state index contributed by atoms with van der Waals surface area (Å²) in [7, 11) is 0. The van der Waals surface area contributed by atoms with Gasteiger partial charge >= 0.3 is 0 Å². The minimum absolute atomic E-state index is 0.312. The third-order valence-electron chi connectivity index (χ3n) is 3.49. The second kappa shape index (κ2) is 3.67. The van der Waals surface area contributed by atoms with Crippen LogP contribution in [0.5, 0.6) is 5.75 Å². The molecule has 0 radical (unpaired) electrons. The van der Waals surface area contributed by atoms with E-state index in [4.69, 9.17) is 10.5 Å². The van der Waals surface area contributed by atoms with E-state index in [1.165, 1.54) is 11.3 Å². The Balaban J connectivity index is 1.94. The molecule has 2 aliphatic rings. The van der Waals surface area contributed by atoms with Crippen LogP contribution in [0.4, 0.5) is 5.69 Å². The summed E-state index contributed by atoms with van der Waals surface area (Å²) in [5.74, 6) is 1.06. The van der Waals surface area contributed by atoms with Crippen molar-refractivity contribution in [3.63, 3.8) is 0 Å². The normalized spacial score (nSPS) is 28.0. The number of nitrogens with two attached hydrogens (primary N) is 1. The van der Waals surface area contributed by atoms with E-state index in [9.17, 15) is 0 Å². The van der Waals surface area contributed by atoms with Crippen LogP contribution in [0.15, 0.2) is 18.2 Å². The zero-order valence-corrected chi connectivity index (χ0v) is 9.65. The molecule has 1 aromatic carbocycles. The zero-order chi connectivity index (χ0) is 11.1. The highest BCUT2D eigenvalue weighted by atomic mass is 16.5. The Kier molecular flexibility index (Phi) is 2.28. The van der Waals surface area contributed by atoms with Crippen LogP contribution in [0.2, 0.25) is 0 Å². The smallest absolute Gasteiger partial charge is 0.125 e. The second-order valence-electron chi connectivity index (χ2n) is 4.88. The third kappa shape index (κ3) is 1.55. The standard InChI is InChI=1S/C13H18N2O/c1-9-7-11-12(3-2-4-13(11)16-9)15-6-5-10(14)8-15/h2-4,9-10H,5-8,14H2,1H3/t9?,10-/m0/s1. The van der Waals surface area contributed by atoms with E-state index < -0.39 is 0 Å². The molecule has 0 saturated carbocycles. The van der Waals surface area contributed by atoms with E-state index in [2.05, 4.69) is 30.0 Å². The first-order valence-electron chi connectivity index (χ1n) is 6.03. The molecule has 0 aliphatic carbocycles. The molecule has 2 heterocycles. The summed E-state index contributed by atoms with van der Waals surface area (Å²) in [5.41, 5.74) is 8.66. The minimum Gasteiger partial charge on any atom is -0.490 e. The maximum absolute atomic E-state index is 5.96. The van der Waals surface area contributed by atoms with Crippen LogP contribution in [-0.4, -0.2) is 25.2 Å². The maximum atomic E-state index is 5.96. The molecule has 2 N–H and O–H groups in total. The fourth-order valence-electron chi connectivity index (χ4n) is 2.72. The number of ether oxygens (including phenoxy) is 1. The van der Waals surface area contributed by atoms with Gasteiger partial charge in [-0.15, -0.1) is 0 Å². The lowest BCUT2D eigenvalue weighted by atomic mass is 10.1. The second-order valence-corrected chi connectivity index (χ2v) is 4.88. The van der Waals surface area contributed by atoms with E-state index in [0.29, 0.717) is 12.1 Å². The summed E-state index contributed by atoms with van der Waals surface area (Å²) in [4.78, 5) is 2.39. The Bertz CT molecular complexity index is 405. The van der Waals surface area contributed by atoms with Gasteiger partial charge in [0.05, 0.1) is 0 Å². The number of nitrogens with zero attached hydrogens (tertiary/aromatic N) is 1. The first-order valence-corrected chi connectivity index (χ1v) is 6.03. The molecule has 1 unspecified atom stereocenters. The average Bonchev–Trinajstić information content (AvgIpc) is 2.82. The van der Waals surface area contributed by atoms with E-state index in [1.54, 1.807) is 0 Å². The van der Waals surface area contributed by atoms with Gasteiger partial charge in [0.15, 0.2) is 0 Å². The van der Waals surface area contributed by atoms with E-state index in [-0.39, 0.29) is 0 Å². The van der Waals surface area contributed by atoms with Crippen LogP contribution in [0, 0.1) is 0 Å². The average molecular weight is 218 g/mol. The summed E-state index contributed by atoms with van der Waals surface area (Å²) < 4.78 is 5.78. The van der Waals surface area contributed by atoms with Crippen LogP contribution in [0.25, 0.3) is 0 Å². The molecule has 0 bridgehead atoms. The number of fused-ring (bicyclic) bond motifs is 1. The van der Waals surface area contributed by atoms with Crippen LogP contribution >= 0.6 is 0 Å². The van der Waals surface area contributed by atoms with Crippen molar-refractivity contribution in [1.82, 2.24) is 0 Å². The van der Waals surface area contributed by atoms with Crippen LogP contribution in [0.1, 0.15) is 18.9 Å². The largest absolute Gasteiger partial charge is 0.490 e. The lowest BCUT2D eigenvalue weighted by Crippen LogP contribution is -2.26. The van der Waals surface area contributed by atoms with Gasteiger partial charge in [0.25, 0.3) is 0 Å². The molecule has 0 amide bonds. The molecule has 2 aliphatic heterocycles. The van der Waals surface area contributed by atoms with Crippen LogP contribution in [-0.2, 0) is 6.42 Å². The summed E-state index contributed by atoms with van der Waals surface area (Å²) in [6.07, 6.45) is 2.43. The number of hydrogen-bond donors (Lipinski definition) is 1. The quantitative estimate of drug-likeness (QED) is 0.777. The van der Waals surface area contributed by atoms with Crippen molar-refractivity contribution < 1.29 is 4.74 Å². The molecule has 3 nitrogen and oxygen atoms in total. The van der Waals surface area contributed by atoms with Gasteiger partial charge in [-0.05, 0) is 25.5 Å². The maximum Gasteiger partial charge on any atom is 0.125 e. The molecule has 1 saturated heterocycles. The number of benzene rings is 1. The van der Waals surface area contributed by atoms with Gasteiger partial charge in [-0.2, -0.15) is 0 Å². The van der Waals surface area contributed by atoms with Crippen molar-refractivity contribution in [3.8, 4) is 5.75 Å². The topological polar surface area (TPSA) is 38.5 Å². The molecular weight excluding hydrogens is 200 g/mol. The number of anilines is 1.